The number of hydrogen-bond acceptors (Lipinski definition) is 4. The van der Waals surface area contributed by atoms with Crippen molar-refractivity contribution in [1.29, 1.82) is 21.0 Å². The molecule has 0 atom stereocenters. The largest absolute Gasteiger partial charge is 0.416 e. The molecule has 0 spiro atoms. The van der Waals surface area contributed by atoms with Crippen molar-refractivity contribution in [2.24, 2.45) is 0 Å². The number of rotatable bonds is 2. The second kappa shape index (κ2) is 10.7. The van der Waals surface area contributed by atoms with Crippen LogP contribution < -0.4 is 0 Å². The number of fused-ring (bicyclic) bond motifs is 6. The van der Waals surface area contributed by atoms with E-state index in [0.29, 0.717) is 39.0 Å². The van der Waals surface area contributed by atoms with Crippen molar-refractivity contribution < 1.29 is 13.2 Å². The van der Waals surface area contributed by atoms with E-state index < -0.39 is 11.7 Å². The van der Waals surface area contributed by atoms with E-state index in [1.54, 1.807) is 12.1 Å². The van der Waals surface area contributed by atoms with Gasteiger partial charge in [0, 0.05) is 11.1 Å². The second-order valence-electron chi connectivity index (χ2n) is 11.4. The van der Waals surface area contributed by atoms with Crippen molar-refractivity contribution in [3.05, 3.63) is 142 Å². The molecule has 0 aromatic heterocycles. The van der Waals surface area contributed by atoms with E-state index in [0.717, 1.165) is 56.6 Å². The lowest BCUT2D eigenvalue weighted by molar-refractivity contribution is -0.137. The highest BCUT2D eigenvalue weighted by atomic mass is 19.4. The van der Waals surface area contributed by atoms with Gasteiger partial charge in [0.25, 0.3) is 0 Å². The van der Waals surface area contributed by atoms with Gasteiger partial charge >= 0.3 is 6.18 Å². The van der Waals surface area contributed by atoms with Crippen LogP contribution in [0.5, 0.6) is 0 Å². The zero-order chi connectivity index (χ0) is 33.0. The molecular weight excluding hydrogens is 593 g/mol. The molecule has 7 rings (SSSR count). The van der Waals surface area contributed by atoms with Gasteiger partial charge in [-0.1, -0.05) is 66.2 Å². The molecule has 220 valence electrons. The highest BCUT2D eigenvalue weighted by Gasteiger charge is 2.34. The number of nitrogens with zero attached hydrogens (tertiary/aromatic N) is 4. The molecule has 0 heterocycles. The van der Waals surface area contributed by atoms with Crippen molar-refractivity contribution in [3.8, 4) is 68.8 Å². The summed E-state index contributed by atoms with van der Waals surface area (Å²) in [6.45, 7) is 2.01. The van der Waals surface area contributed by atoms with E-state index in [1.807, 2.05) is 79.7 Å². The number of hydrogen-bond donors (Lipinski definition) is 0. The summed E-state index contributed by atoms with van der Waals surface area (Å²) in [6, 6.07) is 36.2. The third-order valence-electron chi connectivity index (χ3n) is 8.73. The Morgan fingerprint density at radius 3 is 1.21 bits per heavy atom. The average molecular weight is 613 g/mol. The third kappa shape index (κ3) is 4.59. The highest BCUT2D eigenvalue weighted by molar-refractivity contribution is 6.11. The molecule has 5 aromatic carbocycles. The number of nitriles is 4. The Bertz CT molecular complexity index is 2390. The smallest absolute Gasteiger partial charge is 0.192 e. The maximum atomic E-state index is 13.2. The van der Waals surface area contributed by atoms with Gasteiger partial charge in [-0.25, -0.2) is 0 Å². The SMILES string of the molecule is Cc1ccc(-c2ccc3c(c2)C(=C(C#N)C#N)c2cc4c(cc2-3)-c2ccc(-c3ccc(C(F)(F)F)cc3)cc2C4=C(C#N)C#N)cc1. The lowest BCUT2D eigenvalue weighted by atomic mass is 9.92. The zero-order valence-electron chi connectivity index (χ0n) is 24.7. The van der Waals surface area contributed by atoms with Gasteiger partial charge in [-0.2, -0.15) is 34.2 Å². The third-order valence-corrected chi connectivity index (χ3v) is 8.73. The molecule has 0 radical (unpaired) electrons. The van der Waals surface area contributed by atoms with Gasteiger partial charge < -0.3 is 0 Å². The lowest BCUT2D eigenvalue weighted by Gasteiger charge is -2.10. The fraction of sp³-hybridized carbons (Fsp3) is 0.0500. The quantitative estimate of drug-likeness (QED) is 0.182. The van der Waals surface area contributed by atoms with E-state index in [2.05, 4.69) is 12.1 Å². The number of benzene rings is 5. The van der Waals surface area contributed by atoms with Crippen LogP contribution in [0.2, 0.25) is 0 Å². The zero-order valence-corrected chi connectivity index (χ0v) is 24.7. The van der Waals surface area contributed by atoms with E-state index in [-0.39, 0.29) is 11.1 Å². The number of aryl methyl sites for hydroxylation is 1. The molecule has 0 bridgehead atoms. The van der Waals surface area contributed by atoms with Crippen molar-refractivity contribution >= 4 is 11.1 Å². The first-order valence-electron chi connectivity index (χ1n) is 14.5. The Hall–Kier alpha value is -6.67. The van der Waals surface area contributed by atoms with Crippen LogP contribution >= 0.6 is 0 Å². The van der Waals surface area contributed by atoms with Gasteiger partial charge in [-0.15, -0.1) is 0 Å². The molecule has 0 unspecified atom stereocenters. The summed E-state index contributed by atoms with van der Waals surface area (Å²) in [5.41, 5.74) is 9.88. The number of allylic oxidation sites excluding steroid dienone is 2. The minimum absolute atomic E-state index is 0.0579. The molecule has 2 aliphatic rings. The number of alkyl halides is 3. The first-order chi connectivity index (χ1) is 22.7. The van der Waals surface area contributed by atoms with Crippen molar-refractivity contribution in [2.45, 2.75) is 13.1 Å². The Kier molecular flexibility index (Phi) is 6.64. The van der Waals surface area contributed by atoms with Crippen LogP contribution in [0.15, 0.2) is 108 Å². The van der Waals surface area contributed by atoms with Gasteiger partial charge in [0.05, 0.1) is 5.56 Å². The summed E-state index contributed by atoms with van der Waals surface area (Å²) >= 11 is 0. The highest BCUT2D eigenvalue weighted by Crippen LogP contribution is 2.54. The van der Waals surface area contributed by atoms with Crippen LogP contribution in [-0.2, 0) is 6.18 Å². The Morgan fingerprint density at radius 2 is 0.809 bits per heavy atom. The molecule has 2 aliphatic carbocycles. The van der Waals surface area contributed by atoms with Crippen LogP contribution in [-0.4, -0.2) is 0 Å². The Labute approximate surface area is 268 Å². The van der Waals surface area contributed by atoms with Crippen LogP contribution in [0.1, 0.15) is 33.4 Å². The molecule has 47 heavy (non-hydrogen) atoms. The monoisotopic (exact) mass is 612 g/mol. The van der Waals surface area contributed by atoms with E-state index in [4.69, 9.17) is 0 Å². The molecule has 0 aliphatic heterocycles. The van der Waals surface area contributed by atoms with E-state index in [1.165, 1.54) is 12.1 Å². The Balaban J connectivity index is 1.44. The fourth-order valence-electron chi connectivity index (χ4n) is 6.49. The minimum atomic E-state index is -4.46. The van der Waals surface area contributed by atoms with Crippen molar-refractivity contribution in [1.82, 2.24) is 0 Å². The Morgan fingerprint density at radius 1 is 0.447 bits per heavy atom. The summed E-state index contributed by atoms with van der Waals surface area (Å²) in [7, 11) is 0. The molecule has 0 amide bonds. The summed E-state index contributed by atoms with van der Waals surface area (Å²) in [6.07, 6.45) is -4.46. The first kappa shape index (κ1) is 29.1. The van der Waals surface area contributed by atoms with Crippen LogP contribution in [0.3, 0.4) is 0 Å². The van der Waals surface area contributed by atoms with E-state index in [9.17, 15) is 34.2 Å². The van der Waals surface area contributed by atoms with Crippen molar-refractivity contribution in [2.75, 3.05) is 0 Å². The summed E-state index contributed by atoms with van der Waals surface area (Å²) < 4.78 is 39.6. The molecule has 7 heteroatoms. The summed E-state index contributed by atoms with van der Waals surface area (Å²) in [5, 5.41) is 40.0. The average Bonchev–Trinajstić information content (AvgIpc) is 3.56. The molecule has 5 aromatic rings. The van der Waals surface area contributed by atoms with Gasteiger partial charge in [0.1, 0.15) is 35.4 Å². The van der Waals surface area contributed by atoms with Crippen LogP contribution in [0.25, 0.3) is 55.7 Å². The number of halogens is 3. The predicted molar refractivity (Wildman–Crippen MR) is 172 cm³/mol. The fourth-order valence-corrected chi connectivity index (χ4v) is 6.49. The summed E-state index contributed by atoms with van der Waals surface area (Å²) in [4.78, 5) is 0. The first-order valence-corrected chi connectivity index (χ1v) is 14.5. The molecule has 0 saturated heterocycles. The van der Waals surface area contributed by atoms with Gasteiger partial charge in [-0.3, -0.25) is 0 Å². The maximum Gasteiger partial charge on any atom is 0.416 e. The van der Waals surface area contributed by atoms with E-state index >= 15 is 0 Å². The second-order valence-corrected chi connectivity index (χ2v) is 11.4. The summed E-state index contributed by atoms with van der Waals surface area (Å²) in [5.74, 6) is 0. The van der Waals surface area contributed by atoms with Gasteiger partial charge in [-0.05, 0) is 110 Å². The van der Waals surface area contributed by atoms with Gasteiger partial charge in [0.15, 0.2) is 0 Å². The normalized spacial score (nSPS) is 12.1. The maximum absolute atomic E-state index is 13.2. The molecule has 0 saturated carbocycles. The van der Waals surface area contributed by atoms with Crippen LogP contribution in [0, 0.1) is 52.2 Å². The van der Waals surface area contributed by atoms with Crippen molar-refractivity contribution in [3.63, 3.8) is 0 Å². The molecular formula is C40H19F3N4. The molecule has 4 nitrogen and oxygen atoms in total. The standard InChI is InChI=1S/C40H19F3N4/c1-22-2-4-23(5-3-22)25-8-12-30-32-16-33-31-13-9-26(24-6-10-29(11-7-24)40(41,42)43)15-35(31)39(28(20-46)21-47)37(33)17-36(32)38(34(30)14-25)27(18-44)19-45/h2-17H,1H3. The van der Waals surface area contributed by atoms with Crippen LogP contribution in [0.4, 0.5) is 13.2 Å². The molecule has 0 fully saturated rings. The lowest BCUT2D eigenvalue weighted by Crippen LogP contribution is -2.03. The predicted octanol–water partition coefficient (Wildman–Crippen LogP) is 10.0. The van der Waals surface area contributed by atoms with Gasteiger partial charge in [0.2, 0.25) is 0 Å². The topological polar surface area (TPSA) is 95.2 Å². The molecule has 0 N–H and O–H groups in total. The minimum Gasteiger partial charge on any atom is -0.192 e.